The van der Waals surface area contributed by atoms with Crippen LogP contribution in [0.4, 0.5) is 0 Å². The maximum absolute atomic E-state index is 10.7. The summed E-state index contributed by atoms with van der Waals surface area (Å²) in [4.78, 5) is 0. The van der Waals surface area contributed by atoms with E-state index in [0.717, 1.165) is 6.42 Å². The summed E-state index contributed by atoms with van der Waals surface area (Å²) >= 11 is 0. The zero-order valence-corrected chi connectivity index (χ0v) is 10.3. The summed E-state index contributed by atoms with van der Waals surface area (Å²) in [5.74, 6) is 0.616. The molecule has 0 unspecified atom stereocenters. The van der Waals surface area contributed by atoms with Crippen LogP contribution < -0.4 is 0 Å². The third kappa shape index (κ3) is 2.07. The van der Waals surface area contributed by atoms with Crippen molar-refractivity contribution >= 4 is 0 Å². The molecule has 0 fully saturated rings. The molecule has 0 atom stereocenters. The fourth-order valence-electron chi connectivity index (χ4n) is 2.51. The van der Waals surface area contributed by atoms with Crippen molar-refractivity contribution in [2.24, 2.45) is 17.3 Å². The van der Waals surface area contributed by atoms with E-state index in [-0.39, 0.29) is 5.41 Å². The molecule has 0 aliphatic rings. The van der Waals surface area contributed by atoms with Crippen molar-refractivity contribution in [2.45, 2.75) is 60.5 Å². The number of aliphatic hydroxyl groups is 1. The molecule has 0 heterocycles. The topological polar surface area (TPSA) is 20.2 Å². The Hall–Kier alpha value is -0.0400. The van der Waals surface area contributed by atoms with Crippen LogP contribution in [0.5, 0.6) is 0 Å². The van der Waals surface area contributed by atoms with Gasteiger partial charge in [-0.15, -0.1) is 0 Å². The molecule has 0 bridgehead atoms. The first kappa shape index (κ1) is 13.0. The van der Waals surface area contributed by atoms with Gasteiger partial charge >= 0.3 is 0 Å². The first-order valence-corrected chi connectivity index (χ1v) is 5.42. The highest BCUT2D eigenvalue weighted by Crippen LogP contribution is 2.44. The van der Waals surface area contributed by atoms with Gasteiger partial charge in [0, 0.05) is 0 Å². The average molecular weight is 186 g/mol. The fraction of sp³-hybridized carbons (Fsp3) is 1.00. The average Bonchev–Trinajstić information content (AvgIpc) is 2.01. The maximum atomic E-state index is 10.7. The second kappa shape index (κ2) is 4.00. The molecule has 0 aromatic heterocycles. The highest BCUT2D eigenvalue weighted by atomic mass is 16.3. The van der Waals surface area contributed by atoms with Crippen molar-refractivity contribution in [3.05, 3.63) is 0 Å². The van der Waals surface area contributed by atoms with Gasteiger partial charge in [0.25, 0.3) is 0 Å². The lowest BCUT2D eigenvalue weighted by molar-refractivity contribution is -0.137. The number of rotatable bonds is 4. The molecule has 1 N–H and O–H groups in total. The van der Waals surface area contributed by atoms with Crippen molar-refractivity contribution in [3.63, 3.8) is 0 Å². The fourth-order valence-corrected chi connectivity index (χ4v) is 2.51. The Morgan fingerprint density at radius 2 is 1.31 bits per heavy atom. The van der Waals surface area contributed by atoms with E-state index < -0.39 is 5.60 Å². The number of hydrogen-bond donors (Lipinski definition) is 1. The van der Waals surface area contributed by atoms with Crippen LogP contribution in [0.25, 0.3) is 0 Å². The van der Waals surface area contributed by atoms with Crippen LogP contribution in [-0.2, 0) is 0 Å². The van der Waals surface area contributed by atoms with E-state index in [1.807, 2.05) is 0 Å². The van der Waals surface area contributed by atoms with E-state index in [1.54, 1.807) is 0 Å². The Morgan fingerprint density at radius 1 is 1.00 bits per heavy atom. The zero-order valence-electron chi connectivity index (χ0n) is 10.3. The molecule has 0 aromatic rings. The lowest BCUT2D eigenvalue weighted by Gasteiger charge is -2.48. The van der Waals surface area contributed by atoms with Gasteiger partial charge in [-0.05, 0) is 23.7 Å². The SMILES string of the molecule is CCC(C)(C)C(O)(C(C)C)C(C)C. The van der Waals surface area contributed by atoms with Gasteiger partial charge in [-0.3, -0.25) is 0 Å². The highest BCUT2D eigenvalue weighted by molar-refractivity contribution is 4.97. The van der Waals surface area contributed by atoms with Gasteiger partial charge in [-0.1, -0.05) is 48.5 Å². The van der Waals surface area contributed by atoms with E-state index >= 15 is 0 Å². The predicted molar refractivity (Wildman–Crippen MR) is 58.7 cm³/mol. The van der Waals surface area contributed by atoms with Crippen molar-refractivity contribution < 1.29 is 5.11 Å². The summed E-state index contributed by atoms with van der Waals surface area (Å²) in [6.45, 7) is 14.9. The van der Waals surface area contributed by atoms with Crippen molar-refractivity contribution in [1.82, 2.24) is 0 Å². The minimum absolute atomic E-state index is 0.00463. The minimum Gasteiger partial charge on any atom is -0.389 e. The first-order valence-electron chi connectivity index (χ1n) is 5.42. The van der Waals surface area contributed by atoms with E-state index in [4.69, 9.17) is 0 Å². The summed E-state index contributed by atoms with van der Waals surface area (Å²) in [6, 6.07) is 0. The number of hydrogen-bond acceptors (Lipinski definition) is 1. The summed E-state index contributed by atoms with van der Waals surface area (Å²) < 4.78 is 0. The molecule has 13 heavy (non-hydrogen) atoms. The highest BCUT2D eigenvalue weighted by Gasteiger charge is 2.46. The normalized spacial score (nSPS) is 14.3. The summed E-state index contributed by atoms with van der Waals surface area (Å²) in [5, 5.41) is 10.7. The third-order valence-corrected chi connectivity index (χ3v) is 3.73. The zero-order chi connectivity index (χ0) is 10.9. The van der Waals surface area contributed by atoms with Gasteiger partial charge in [0.2, 0.25) is 0 Å². The van der Waals surface area contributed by atoms with Crippen LogP contribution >= 0.6 is 0 Å². The van der Waals surface area contributed by atoms with Crippen LogP contribution in [-0.4, -0.2) is 10.7 Å². The van der Waals surface area contributed by atoms with Crippen molar-refractivity contribution in [3.8, 4) is 0 Å². The van der Waals surface area contributed by atoms with E-state index in [9.17, 15) is 5.11 Å². The molecule has 0 amide bonds. The van der Waals surface area contributed by atoms with Gasteiger partial charge < -0.3 is 5.11 Å². The maximum Gasteiger partial charge on any atom is 0.0743 e. The van der Waals surface area contributed by atoms with Crippen LogP contribution in [0, 0.1) is 17.3 Å². The Morgan fingerprint density at radius 3 is 1.38 bits per heavy atom. The van der Waals surface area contributed by atoms with Crippen LogP contribution in [0.2, 0.25) is 0 Å². The molecule has 1 nitrogen and oxygen atoms in total. The largest absolute Gasteiger partial charge is 0.389 e. The Bertz CT molecular complexity index is 149. The lowest BCUT2D eigenvalue weighted by atomic mass is 9.62. The Balaban J connectivity index is 5.01. The monoisotopic (exact) mass is 186 g/mol. The van der Waals surface area contributed by atoms with E-state index in [1.165, 1.54) is 0 Å². The van der Waals surface area contributed by atoms with Crippen LogP contribution in [0.15, 0.2) is 0 Å². The van der Waals surface area contributed by atoms with Gasteiger partial charge in [-0.25, -0.2) is 0 Å². The molecule has 0 aliphatic carbocycles. The Kier molecular flexibility index (Phi) is 3.98. The van der Waals surface area contributed by atoms with Gasteiger partial charge in [0.1, 0.15) is 0 Å². The smallest absolute Gasteiger partial charge is 0.0743 e. The predicted octanol–water partition coefficient (Wildman–Crippen LogP) is 3.47. The molecule has 0 rings (SSSR count). The van der Waals surface area contributed by atoms with Crippen molar-refractivity contribution in [2.75, 3.05) is 0 Å². The molecule has 0 radical (unpaired) electrons. The minimum atomic E-state index is -0.554. The summed E-state index contributed by atoms with van der Waals surface area (Å²) in [6.07, 6.45) is 1.01. The molecule has 0 aliphatic heterocycles. The van der Waals surface area contributed by atoms with Gasteiger partial charge in [0.15, 0.2) is 0 Å². The lowest BCUT2D eigenvalue weighted by Crippen LogP contribution is -2.52. The molecule has 0 aromatic carbocycles. The van der Waals surface area contributed by atoms with E-state index in [2.05, 4.69) is 48.5 Å². The quantitative estimate of drug-likeness (QED) is 0.713. The summed E-state index contributed by atoms with van der Waals surface area (Å²) in [7, 11) is 0. The van der Waals surface area contributed by atoms with Gasteiger partial charge in [0.05, 0.1) is 5.60 Å². The second-order valence-corrected chi connectivity index (χ2v) is 5.37. The molecule has 0 saturated carbocycles. The summed E-state index contributed by atoms with van der Waals surface area (Å²) in [5.41, 5.74) is -0.558. The van der Waals surface area contributed by atoms with Gasteiger partial charge in [-0.2, -0.15) is 0 Å². The third-order valence-electron chi connectivity index (χ3n) is 3.73. The molecule has 0 saturated heterocycles. The Labute approximate surface area is 83.5 Å². The molecule has 0 spiro atoms. The van der Waals surface area contributed by atoms with Crippen molar-refractivity contribution in [1.29, 1.82) is 0 Å². The molecule has 1 heteroatoms. The molecule has 80 valence electrons. The van der Waals surface area contributed by atoms with Crippen LogP contribution in [0.1, 0.15) is 54.9 Å². The van der Waals surface area contributed by atoms with Crippen LogP contribution in [0.3, 0.4) is 0 Å². The standard InChI is InChI=1S/C12H26O/c1-8-11(6,7)12(13,9(2)3)10(4)5/h9-10,13H,8H2,1-7H3. The second-order valence-electron chi connectivity index (χ2n) is 5.37. The van der Waals surface area contributed by atoms with E-state index in [0.29, 0.717) is 11.8 Å². The molecular weight excluding hydrogens is 160 g/mol. The molecular formula is C12H26O. The first-order chi connectivity index (χ1) is 5.70.